The number of nitrogens with zero attached hydrogens (tertiary/aromatic N) is 1. The normalized spacial score (nSPS) is 13.6. The lowest BCUT2D eigenvalue weighted by molar-refractivity contribution is 0.102. The van der Waals surface area contributed by atoms with Crippen molar-refractivity contribution >= 4 is 23.2 Å². The fraction of sp³-hybridized carbons (Fsp3) is 0.250. The van der Waals surface area contributed by atoms with E-state index in [9.17, 15) is 4.79 Å². The van der Waals surface area contributed by atoms with E-state index in [1.807, 2.05) is 31.2 Å². The first-order chi connectivity index (χ1) is 10.1. The fourth-order valence-electron chi connectivity index (χ4n) is 2.46. The maximum absolute atomic E-state index is 12.3. The van der Waals surface area contributed by atoms with E-state index in [0.29, 0.717) is 16.4 Å². The number of halogens is 1. The number of anilines is 1. The molecule has 21 heavy (non-hydrogen) atoms. The third kappa shape index (κ3) is 3.06. The van der Waals surface area contributed by atoms with Crippen LogP contribution in [0.4, 0.5) is 5.69 Å². The molecule has 1 aromatic carbocycles. The van der Waals surface area contributed by atoms with Crippen LogP contribution < -0.4 is 10.6 Å². The highest BCUT2D eigenvalue weighted by molar-refractivity contribution is 6.32. The molecule has 2 aromatic rings. The molecule has 1 amide bonds. The zero-order valence-corrected chi connectivity index (χ0v) is 12.5. The Hall–Kier alpha value is -1.91. The number of hydrogen-bond acceptors (Lipinski definition) is 3. The van der Waals surface area contributed by atoms with Gasteiger partial charge in [0.05, 0.1) is 5.69 Å². The third-order valence-electron chi connectivity index (χ3n) is 3.58. The molecule has 4 nitrogen and oxygen atoms in total. The molecule has 0 unspecified atom stereocenters. The number of aryl methyl sites for hydroxylation is 1. The standard InChI is InChI=1S/C16H16ClN3O/c1-10-6-14(15(17)19-8-10)20-16(21)12-3-2-11-4-5-18-9-13(11)7-12/h2-3,6-8,18H,4-5,9H2,1H3,(H,20,21). The van der Waals surface area contributed by atoms with Crippen LogP contribution >= 0.6 is 11.6 Å². The summed E-state index contributed by atoms with van der Waals surface area (Å²) in [4.78, 5) is 16.4. The first-order valence-corrected chi connectivity index (χ1v) is 7.27. The van der Waals surface area contributed by atoms with Gasteiger partial charge in [0.25, 0.3) is 5.91 Å². The lowest BCUT2D eigenvalue weighted by Gasteiger charge is -2.17. The third-order valence-corrected chi connectivity index (χ3v) is 3.88. The molecule has 0 radical (unpaired) electrons. The van der Waals surface area contributed by atoms with Crippen LogP contribution in [0.5, 0.6) is 0 Å². The van der Waals surface area contributed by atoms with Crippen molar-refractivity contribution in [2.75, 3.05) is 11.9 Å². The average Bonchev–Trinajstić information content (AvgIpc) is 2.50. The lowest BCUT2D eigenvalue weighted by atomic mass is 9.98. The molecule has 0 saturated carbocycles. The number of fused-ring (bicyclic) bond motifs is 1. The zero-order chi connectivity index (χ0) is 14.8. The number of carbonyl (C=O) groups is 1. The minimum Gasteiger partial charge on any atom is -0.319 e. The molecule has 108 valence electrons. The summed E-state index contributed by atoms with van der Waals surface area (Å²) in [6.07, 6.45) is 2.67. The predicted molar refractivity (Wildman–Crippen MR) is 83.8 cm³/mol. The van der Waals surface area contributed by atoms with Crippen molar-refractivity contribution in [2.24, 2.45) is 0 Å². The maximum Gasteiger partial charge on any atom is 0.255 e. The van der Waals surface area contributed by atoms with Crippen LogP contribution in [0.15, 0.2) is 30.5 Å². The number of rotatable bonds is 2. The van der Waals surface area contributed by atoms with Crippen LogP contribution in [0.2, 0.25) is 5.15 Å². The van der Waals surface area contributed by atoms with Gasteiger partial charge >= 0.3 is 0 Å². The molecule has 1 aliphatic heterocycles. The monoisotopic (exact) mass is 301 g/mol. The van der Waals surface area contributed by atoms with Crippen LogP contribution in [0.25, 0.3) is 0 Å². The summed E-state index contributed by atoms with van der Waals surface area (Å²) in [6.45, 7) is 3.70. The van der Waals surface area contributed by atoms with Gasteiger partial charge in [-0.1, -0.05) is 17.7 Å². The minimum absolute atomic E-state index is 0.169. The Bertz CT molecular complexity index is 700. The summed E-state index contributed by atoms with van der Waals surface area (Å²) in [5.41, 5.74) is 4.61. The first kappa shape index (κ1) is 14.0. The van der Waals surface area contributed by atoms with E-state index in [4.69, 9.17) is 11.6 Å². The average molecular weight is 302 g/mol. The molecule has 3 rings (SSSR count). The SMILES string of the molecule is Cc1cnc(Cl)c(NC(=O)c2ccc3c(c2)CNCC3)c1. The van der Waals surface area contributed by atoms with Crippen LogP contribution in [-0.4, -0.2) is 17.4 Å². The zero-order valence-electron chi connectivity index (χ0n) is 11.7. The Labute approximate surface area is 128 Å². The second kappa shape index (κ2) is 5.84. The Balaban J connectivity index is 1.83. The van der Waals surface area contributed by atoms with Crippen LogP contribution in [-0.2, 0) is 13.0 Å². The fourth-order valence-corrected chi connectivity index (χ4v) is 2.61. The quantitative estimate of drug-likeness (QED) is 0.839. The molecule has 2 N–H and O–H groups in total. The molecule has 1 aliphatic rings. The maximum atomic E-state index is 12.3. The van der Waals surface area contributed by atoms with Gasteiger partial charge in [0.15, 0.2) is 5.15 Å². The van der Waals surface area contributed by atoms with Crippen LogP contribution in [0.3, 0.4) is 0 Å². The topological polar surface area (TPSA) is 54.0 Å². The highest BCUT2D eigenvalue weighted by atomic mass is 35.5. The molecule has 0 atom stereocenters. The number of aromatic nitrogens is 1. The van der Waals surface area contributed by atoms with E-state index < -0.39 is 0 Å². The van der Waals surface area contributed by atoms with Gasteiger partial charge in [-0.2, -0.15) is 0 Å². The lowest BCUT2D eigenvalue weighted by Crippen LogP contribution is -2.24. The minimum atomic E-state index is -0.169. The number of hydrogen-bond donors (Lipinski definition) is 2. The predicted octanol–water partition coefficient (Wildman–Crippen LogP) is 2.94. The Morgan fingerprint density at radius 2 is 2.19 bits per heavy atom. The second-order valence-electron chi connectivity index (χ2n) is 5.22. The highest BCUT2D eigenvalue weighted by Crippen LogP contribution is 2.22. The van der Waals surface area contributed by atoms with Gasteiger partial charge in [0.1, 0.15) is 0 Å². The smallest absolute Gasteiger partial charge is 0.255 e. The molecular formula is C16H16ClN3O. The largest absolute Gasteiger partial charge is 0.319 e. The van der Waals surface area contributed by atoms with Gasteiger partial charge in [-0.05, 0) is 54.8 Å². The number of carbonyl (C=O) groups excluding carboxylic acids is 1. The van der Waals surface area contributed by atoms with Crippen molar-refractivity contribution in [1.29, 1.82) is 0 Å². The van der Waals surface area contributed by atoms with Crippen molar-refractivity contribution in [3.63, 3.8) is 0 Å². The second-order valence-corrected chi connectivity index (χ2v) is 5.57. The van der Waals surface area contributed by atoms with Gasteiger partial charge in [0.2, 0.25) is 0 Å². The number of benzene rings is 1. The number of pyridine rings is 1. The van der Waals surface area contributed by atoms with E-state index in [1.165, 1.54) is 11.1 Å². The summed E-state index contributed by atoms with van der Waals surface area (Å²) in [7, 11) is 0. The first-order valence-electron chi connectivity index (χ1n) is 6.89. The molecule has 0 spiro atoms. The molecule has 5 heteroatoms. The van der Waals surface area contributed by atoms with Crippen LogP contribution in [0, 0.1) is 6.92 Å². The van der Waals surface area contributed by atoms with E-state index >= 15 is 0 Å². The van der Waals surface area contributed by atoms with Crippen molar-refractivity contribution in [1.82, 2.24) is 10.3 Å². The summed E-state index contributed by atoms with van der Waals surface area (Å²) in [6, 6.07) is 7.64. The van der Waals surface area contributed by atoms with E-state index in [-0.39, 0.29) is 5.91 Å². The van der Waals surface area contributed by atoms with E-state index in [0.717, 1.165) is 25.1 Å². The summed E-state index contributed by atoms with van der Waals surface area (Å²) >= 11 is 6.01. The molecule has 1 aromatic heterocycles. The highest BCUT2D eigenvalue weighted by Gasteiger charge is 2.14. The van der Waals surface area contributed by atoms with Crippen molar-refractivity contribution in [2.45, 2.75) is 19.9 Å². The molecular weight excluding hydrogens is 286 g/mol. The Kier molecular flexibility index (Phi) is 3.90. The molecule has 0 fully saturated rings. The summed E-state index contributed by atoms with van der Waals surface area (Å²) in [5.74, 6) is -0.169. The van der Waals surface area contributed by atoms with Crippen molar-refractivity contribution in [3.05, 3.63) is 57.9 Å². The number of nitrogens with one attached hydrogen (secondary N) is 2. The van der Waals surface area contributed by atoms with Crippen LogP contribution in [0.1, 0.15) is 27.0 Å². The van der Waals surface area contributed by atoms with Gasteiger partial charge in [-0.15, -0.1) is 0 Å². The van der Waals surface area contributed by atoms with Gasteiger partial charge < -0.3 is 10.6 Å². The molecule has 0 aliphatic carbocycles. The molecule has 2 heterocycles. The van der Waals surface area contributed by atoms with E-state index in [1.54, 1.807) is 6.20 Å². The summed E-state index contributed by atoms with van der Waals surface area (Å²) in [5, 5.41) is 6.43. The molecule has 0 bridgehead atoms. The van der Waals surface area contributed by atoms with Gasteiger partial charge in [-0.25, -0.2) is 4.98 Å². The van der Waals surface area contributed by atoms with E-state index in [2.05, 4.69) is 15.6 Å². The van der Waals surface area contributed by atoms with Crippen molar-refractivity contribution < 1.29 is 4.79 Å². The van der Waals surface area contributed by atoms with Gasteiger partial charge in [-0.3, -0.25) is 4.79 Å². The number of amides is 1. The van der Waals surface area contributed by atoms with Gasteiger partial charge in [0, 0.05) is 18.3 Å². The Morgan fingerprint density at radius 3 is 3.05 bits per heavy atom. The van der Waals surface area contributed by atoms with Crippen molar-refractivity contribution in [3.8, 4) is 0 Å². The Morgan fingerprint density at radius 1 is 1.33 bits per heavy atom. The molecule has 0 saturated heterocycles. The summed E-state index contributed by atoms with van der Waals surface area (Å²) < 4.78 is 0.